The van der Waals surface area contributed by atoms with Gasteiger partial charge in [-0.05, 0) is 45.3 Å². The molecule has 0 atom stereocenters. The predicted molar refractivity (Wildman–Crippen MR) is 79.3 cm³/mol. The number of hydrogen-bond acceptors (Lipinski definition) is 6. The molecule has 0 aliphatic carbocycles. The van der Waals surface area contributed by atoms with Gasteiger partial charge in [-0.1, -0.05) is 0 Å². The van der Waals surface area contributed by atoms with Crippen LogP contribution in [0.1, 0.15) is 6.42 Å². The Morgan fingerprint density at radius 1 is 1.37 bits per heavy atom. The average molecular weight is 299 g/mol. The van der Waals surface area contributed by atoms with Crippen molar-refractivity contribution in [2.75, 3.05) is 32.1 Å². The quantitative estimate of drug-likeness (QED) is 0.849. The fraction of sp³-hybridized carbons (Fsp3) is 0.417. The number of rotatable bonds is 5. The van der Waals surface area contributed by atoms with E-state index in [4.69, 9.17) is 5.73 Å². The van der Waals surface area contributed by atoms with E-state index >= 15 is 0 Å². The maximum absolute atomic E-state index is 12.2. The second-order valence-corrected chi connectivity index (χ2v) is 8.00. The lowest BCUT2D eigenvalue weighted by Gasteiger charge is -2.08. The van der Waals surface area contributed by atoms with Gasteiger partial charge in [0.05, 0.1) is 16.0 Å². The summed E-state index contributed by atoms with van der Waals surface area (Å²) < 4.78 is 25.3. The molecule has 1 aromatic carbocycles. The van der Waals surface area contributed by atoms with Crippen molar-refractivity contribution in [1.29, 1.82) is 0 Å². The number of nitrogen functional groups attached to an aromatic ring is 1. The third kappa shape index (κ3) is 3.43. The highest BCUT2D eigenvalue weighted by Gasteiger charge is 2.19. The zero-order valence-electron chi connectivity index (χ0n) is 11.0. The highest BCUT2D eigenvalue weighted by Crippen LogP contribution is 2.27. The minimum atomic E-state index is -3.29. The molecule has 0 unspecified atom stereocenters. The van der Waals surface area contributed by atoms with Crippen LogP contribution in [0, 0.1) is 0 Å². The van der Waals surface area contributed by atoms with Crippen molar-refractivity contribution in [3.8, 4) is 0 Å². The van der Waals surface area contributed by atoms with Crippen LogP contribution in [0.5, 0.6) is 0 Å². The molecule has 0 saturated heterocycles. The topological polar surface area (TPSA) is 76.3 Å². The summed E-state index contributed by atoms with van der Waals surface area (Å²) in [5.74, 6) is 0.125. The molecule has 0 aliphatic rings. The number of thiazole rings is 1. The maximum atomic E-state index is 12.2. The van der Waals surface area contributed by atoms with E-state index in [-0.39, 0.29) is 10.1 Å². The lowest BCUT2D eigenvalue weighted by molar-refractivity contribution is 0.408. The number of hydrogen-bond donors (Lipinski definition) is 1. The van der Waals surface area contributed by atoms with Gasteiger partial charge in [-0.25, -0.2) is 13.4 Å². The molecule has 1 heterocycles. The Kier molecular flexibility index (Phi) is 4.07. The Balaban J connectivity index is 2.23. The minimum absolute atomic E-state index is 0.125. The average Bonchev–Trinajstić information content (AvgIpc) is 2.71. The lowest BCUT2D eigenvalue weighted by Crippen LogP contribution is -2.17. The van der Waals surface area contributed by atoms with Gasteiger partial charge in [-0.15, -0.1) is 11.3 Å². The number of sulfone groups is 1. The molecule has 0 amide bonds. The van der Waals surface area contributed by atoms with Gasteiger partial charge in [0.2, 0.25) is 14.2 Å². The van der Waals surface area contributed by atoms with E-state index in [1.165, 1.54) is 11.3 Å². The van der Waals surface area contributed by atoms with Crippen LogP contribution in [-0.2, 0) is 9.84 Å². The van der Waals surface area contributed by atoms with Gasteiger partial charge in [-0.3, -0.25) is 0 Å². The molecule has 19 heavy (non-hydrogen) atoms. The first-order chi connectivity index (χ1) is 8.88. The summed E-state index contributed by atoms with van der Waals surface area (Å²) in [5, 5.41) is 0. The van der Waals surface area contributed by atoms with E-state index < -0.39 is 9.84 Å². The first-order valence-corrected chi connectivity index (χ1v) is 8.39. The van der Waals surface area contributed by atoms with E-state index in [1.54, 1.807) is 18.2 Å². The van der Waals surface area contributed by atoms with Crippen LogP contribution in [0.3, 0.4) is 0 Å². The fourth-order valence-corrected chi connectivity index (χ4v) is 4.40. The number of nitrogens with two attached hydrogens (primary N) is 1. The van der Waals surface area contributed by atoms with Crippen LogP contribution in [0.15, 0.2) is 22.5 Å². The van der Waals surface area contributed by atoms with E-state index in [0.717, 1.165) is 11.2 Å². The van der Waals surface area contributed by atoms with Crippen molar-refractivity contribution in [2.24, 2.45) is 0 Å². The van der Waals surface area contributed by atoms with Crippen LogP contribution >= 0.6 is 11.3 Å². The summed E-state index contributed by atoms with van der Waals surface area (Å²) >= 11 is 1.18. The van der Waals surface area contributed by atoms with Gasteiger partial charge < -0.3 is 10.6 Å². The number of aromatic nitrogens is 1. The molecule has 0 radical (unpaired) electrons. The van der Waals surface area contributed by atoms with Crippen LogP contribution < -0.4 is 5.73 Å². The molecular formula is C12H17N3O2S2. The second kappa shape index (κ2) is 5.44. The summed E-state index contributed by atoms with van der Waals surface area (Å²) in [6.45, 7) is 0.747. The molecule has 2 aromatic rings. The lowest BCUT2D eigenvalue weighted by atomic mass is 10.3. The number of nitrogens with zero attached hydrogens (tertiary/aromatic N) is 2. The van der Waals surface area contributed by atoms with Crippen molar-refractivity contribution in [2.45, 2.75) is 10.8 Å². The van der Waals surface area contributed by atoms with Gasteiger partial charge in [0.25, 0.3) is 0 Å². The van der Waals surface area contributed by atoms with Crippen LogP contribution in [0.2, 0.25) is 0 Å². The van der Waals surface area contributed by atoms with Gasteiger partial charge in [-0.2, -0.15) is 0 Å². The first-order valence-electron chi connectivity index (χ1n) is 5.92. The smallest absolute Gasteiger partial charge is 0.210 e. The molecular weight excluding hydrogens is 282 g/mol. The Morgan fingerprint density at radius 3 is 2.79 bits per heavy atom. The first kappa shape index (κ1) is 14.2. The van der Waals surface area contributed by atoms with E-state index in [2.05, 4.69) is 4.98 Å². The van der Waals surface area contributed by atoms with Gasteiger partial charge in [0, 0.05) is 5.69 Å². The summed E-state index contributed by atoms with van der Waals surface area (Å²) in [4.78, 5) is 6.15. The monoisotopic (exact) mass is 299 g/mol. The fourth-order valence-electron chi connectivity index (χ4n) is 1.71. The third-order valence-corrected chi connectivity index (χ3v) is 5.95. The van der Waals surface area contributed by atoms with Crippen molar-refractivity contribution < 1.29 is 8.42 Å². The molecule has 1 aromatic heterocycles. The predicted octanol–water partition coefficient (Wildman–Crippen LogP) is 1.60. The van der Waals surface area contributed by atoms with Crippen molar-refractivity contribution in [1.82, 2.24) is 9.88 Å². The molecule has 104 valence electrons. The number of fused-ring (bicyclic) bond motifs is 1. The van der Waals surface area contributed by atoms with Crippen LogP contribution in [0.4, 0.5) is 5.69 Å². The molecule has 0 spiro atoms. The summed E-state index contributed by atoms with van der Waals surface area (Å²) in [6.07, 6.45) is 0.605. The molecule has 5 nitrogen and oxygen atoms in total. The number of benzene rings is 1. The maximum Gasteiger partial charge on any atom is 0.210 e. The Morgan fingerprint density at radius 2 is 2.11 bits per heavy atom. The van der Waals surface area contributed by atoms with Crippen LogP contribution in [0.25, 0.3) is 10.2 Å². The van der Waals surface area contributed by atoms with Crippen molar-refractivity contribution >= 4 is 37.1 Å². The van der Waals surface area contributed by atoms with E-state index in [0.29, 0.717) is 17.6 Å². The highest BCUT2D eigenvalue weighted by atomic mass is 32.2. The third-order valence-electron chi connectivity index (χ3n) is 2.68. The standard InChI is InChI=1S/C12H17N3O2S2/c1-15(2)6-3-7-19(16,17)12-14-10-5-4-9(13)8-11(10)18-12/h4-5,8H,3,6-7,13H2,1-2H3. The molecule has 0 fully saturated rings. The SMILES string of the molecule is CN(C)CCCS(=O)(=O)c1nc2ccc(N)cc2s1. The Hall–Kier alpha value is -1.18. The minimum Gasteiger partial charge on any atom is -0.399 e. The van der Waals surface area contributed by atoms with Crippen molar-refractivity contribution in [3.63, 3.8) is 0 Å². The summed E-state index contributed by atoms with van der Waals surface area (Å²) in [5.41, 5.74) is 6.98. The van der Waals surface area contributed by atoms with Crippen LogP contribution in [-0.4, -0.2) is 44.7 Å². The van der Waals surface area contributed by atoms with Gasteiger partial charge in [0.1, 0.15) is 0 Å². The molecule has 0 bridgehead atoms. The van der Waals surface area contributed by atoms with E-state index in [9.17, 15) is 8.42 Å². The highest BCUT2D eigenvalue weighted by molar-refractivity contribution is 7.93. The molecule has 0 saturated carbocycles. The molecule has 0 aliphatic heterocycles. The summed E-state index contributed by atoms with van der Waals surface area (Å²) in [6, 6.07) is 5.23. The number of anilines is 1. The van der Waals surface area contributed by atoms with Gasteiger partial charge in [0.15, 0.2) is 0 Å². The van der Waals surface area contributed by atoms with Gasteiger partial charge >= 0.3 is 0 Å². The zero-order chi connectivity index (χ0) is 14.0. The zero-order valence-corrected chi connectivity index (χ0v) is 12.6. The summed E-state index contributed by atoms with van der Waals surface area (Å²) in [7, 11) is 0.557. The second-order valence-electron chi connectivity index (χ2n) is 4.68. The normalized spacial score (nSPS) is 12.4. The largest absolute Gasteiger partial charge is 0.399 e. The molecule has 2 N–H and O–H groups in total. The Labute approximate surface area is 117 Å². The van der Waals surface area contributed by atoms with Crippen molar-refractivity contribution in [3.05, 3.63) is 18.2 Å². The molecule has 7 heteroatoms. The molecule has 2 rings (SSSR count). The van der Waals surface area contributed by atoms with E-state index in [1.807, 2.05) is 19.0 Å². The Bertz CT molecular complexity index is 677.